The van der Waals surface area contributed by atoms with Crippen molar-refractivity contribution >= 4 is 17.5 Å². The van der Waals surface area contributed by atoms with Crippen LogP contribution in [0.25, 0.3) is 0 Å². The molecule has 1 fully saturated rings. The van der Waals surface area contributed by atoms with Crippen LogP contribution in [0.5, 0.6) is 0 Å². The zero-order valence-corrected chi connectivity index (χ0v) is 12.4. The molecule has 2 rings (SSSR count). The number of pyridine rings is 1. The molecule has 1 aromatic rings. The van der Waals surface area contributed by atoms with Crippen LogP contribution in [0.4, 0.5) is 0 Å². The van der Waals surface area contributed by atoms with Crippen LogP contribution in [0.3, 0.4) is 0 Å². The number of carbonyl (C=O) groups excluding carboxylic acids is 1. The largest absolute Gasteiger partial charge is 0.322 e. The van der Waals surface area contributed by atoms with E-state index < -0.39 is 0 Å². The van der Waals surface area contributed by atoms with Crippen molar-refractivity contribution in [3.8, 4) is 6.07 Å². The van der Waals surface area contributed by atoms with Crippen molar-refractivity contribution in [3.05, 3.63) is 28.5 Å². The Bertz CT molecular complexity index is 532. The fraction of sp³-hybridized carbons (Fsp3) is 0.533. The van der Waals surface area contributed by atoms with E-state index in [2.05, 4.69) is 11.1 Å². The van der Waals surface area contributed by atoms with Gasteiger partial charge in [0.2, 0.25) is 0 Å². The predicted octanol–water partition coefficient (Wildman–Crippen LogP) is 3.21. The summed E-state index contributed by atoms with van der Waals surface area (Å²) in [4.78, 5) is 18.5. The molecule has 0 saturated heterocycles. The second-order valence-electron chi connectivity index (χ2n) is 5.05. The Kier molecular flexibility index (Phi) is 4.97. The number of hydrogen-bond donors (Lipinski definition) is 0. The molecule has 4 nitrogen and oxygen atoms in total. The first-order chi connectivity index (χ1) is 9.65. The highest BCUT2D eigenvalue weighted by atomic mass is 35.5. The molecule has 0 spiro atoms. The van der Waals surface area contributed by atoms with Gasteiger partial charge >= 0.3 is 0 Å². The van der Waals surface area contributed by atoms with Crippen LogP contribution in [0, 0.1) is 11.3 Å². The van der Waals surface area contributed by atoms with Gasteiger partial charge in [0.05, 0.1) is 6.07 Å². The molecule has 1 amide bonds. The van der Waals surface area contributed by atoms with Crippen LogP contribution >= 0.6 is 11.6 Å². The number of nitriles is 1. The van der Waals surface area contributed by atoms with Crippen LogP contribution in [0.15, 0.2) is 12.1 Å². The zero-order chi connectivity index (χ0) is 14.5. The molecular formula is C15H18ClN3O. The van der Waals surface area contributed by atoms with E-state index in [0.717, 1.165) is 37.8 Å². The number of nitrogens with zero attached hydrogens (tertiary/aromatic N) is 3. The topological polar surface area (TPSA) is 57.0 Å². The molecule has 1 aromatic heterocycles. The van der Waals surface area contributed by atoms with E-state index in [-0.39, 0.29) is 18.5 Å². The Balaban J connectivity index is 2.27. The molecule has 0 aliphatic heterocycles. The Morgan fingerprint density at radius 3 is 2.80 bits per heavy atom. The fourth-order valence-corrected chi connectivity index (χ4v) is 2.91. The van der Waals surface area contributed by atoms with Crippen LogP contribution < -0.4 is 0 Å². The average molecular weight is 292 g/mol. The molecule has 0 aromatic carbocycles. The van der Waals surface area contributed by atoms with Gasteiger partial charge in [-0.05, 0) is 31.4 Å². The van der Waals surface area contributed by atoms with Crippen molar-refractivity contribution in [2.75, 3.05) is 6.54 Å². The Hall–Kier alpha value is -1.60. The number of halogens is 1. The van der Waals surface area contributed by atoms with E-state index in [0.29, 0.717) is 10.7 Å². The summed E-state index contributed by atoms with van der Waals surface area (Å²) in [5, 5.41) is 9.30. The minimum atomic E-state index is -0.113. The van der Waals surface area contributed by atoms with Crippen LogP contribution in [0.2, 0.25) is 5.15 Å². The van der Waals surface area contributed by atoms with Gasteiger partial charge in [0, 0.05) is 17.3 Å². The summed E-state index contributed by atoms with van der Waals surface area (Å²) < 4.78 is 0. The fourth-order valence-electron chi connectivity index (χ4n) is 2.68. The lowest BCUT2D eigenvalue weighted by atomic mass is 10.1. The van der Waals surface area contributed by atoms with Crippen molar-refractivity contribution in [2.24, 2.45) is 0 Å². The van der Waals surface area contributed by atoms with Crippen molar-refractivity contribution in [1.29, 1.82) is 5.26 Å². The molecule has 1 aliphatic carbocycles. The number of hydrogen-bond acceptors (Lipinski definition) is 3. The van der Waals surface area contributed by atoms with E-state index in [9.17, 15) is 4.79 Å². The van der Waals surface area contributed by atoms with Gasteiger partial charge in [-0.15, -0.1) is 0 Å². The Morgan fingerprint density at radius 1 is 1.50 bits per heavy atom. The third-order valence-corrected chi connectivity index (χ3v) is 3.92. The minimum Gasteiger partial charge on any atom is -0.322 e. The molecule has 5 heteroatoms. The zero-order valence-electron chi connectivity index (χ0n) is 11.6. The van der Waals surface area contributed by atoms with Gasteiger partial charge in [0.15, 0.2) is 0 Å². The summed E-state index contributed by atoms with van der Waals surface area (Å²) >= 11 is 5.97. The summed E-state index contributed by atoms with van der Waals surface area (Å²) in [7, 11) is 0. The highest BCUT2D eigenvalue weighted by molar-refractivity contribution is 6.29. The third kappa shape index (κ3) is 3.29. The SMILES string of the molecule is CCc1cc(C(=O)N(CC#N)C2CCCC2)cc(Cl)n1. The highest BCUT2D eigenvalue weighted by Crippen LogP contribution is 2.25. The molecule has 1 aliphatic rings. The lowest BCUT2D eigenvalue weighted by Gasteiger charge is -2.26. The average Bonchev–Trinajstić information content (AvgIpc) is 2.97. The third-order valence-electron chi connectivity index (χ3n) is 3.72. The molecule has 20 heavy (non-hydrogen) atoms. The molecule has 0 bridgehead atoms. The molecule has 1 heterocycles. The van der Waals surface area contributed by atoms with E-state index >= 15 is 0 Å². The maximum absolute atomic E-state index is 12.6. The summed E-state index contributed by atoms with van der Waals surface area (Å²) in [6.07, 6.45) is 4.93. The summed E-state index contributed by atoms with van der Waals surface area (Å²) in [6.45, 7) is 2.10. The lowest BCUT2D eigenvalue weighted by molar-refractivity contribution is 0.0709. The maximum Gasteiger partial charge on any atom is 0.255 e. The summed E-state index contributed by atoms with van der Waals surface area (Å²) in [5.74, 6) is -0.113. The summed E-state index contributed by atoms with van der Waals surface area (Å²) in [6, 6.07) is 5.63. The van der Waals surface area contributed by atoms with Crippen LogP contribution in [-0.2, 0) is 6.42 Å². The van der Waals surface area contributed by atoms with Crippen molar-refractivity contribution < 1.29 is 4.79 Å². The molecule has 0 N–H and O–H groups in total. The van der Waals surface area contributed by atoms with Gasteiger partial charge in [0.1, 0.15) is 11.7 Å². The van der Waals surface area contributed by atoms with Crippen LogP contribution in [0.1, 0.15) is 48.7 Å². The predicted molar refractivity (Wildman–Crippen MR) is 77.5 cm³/mol. The second kappa shape index (κ2) is 6.71. The molecule has 0 unspecified atom stereocenters. The van der Waals surface area contributed by atoms with Crippen LogP contribution in [-0.4, -0.2) is 28.4 Å². The smallest absolute Gasteiger partial charge is 0.255 e. The van der Waals surface area contributed by atoms with Gasteiger partial charge < -0.3 is 4.90 Å². The number of carbonyl (C=O) groups is 1. The Morgan fingerprint density at radius 2 is 2.20 bits per heavy atom. The van der Waals surface area contributed by atoms with Gasteiger partial charge in [-0.3, -0.25) is 4.79 Å². The standard InChI is InChI=1S/C15H18ClN3O/c1-2-12-9-11(10-14(16)18-12)15(20)19(8-7-17)13-5-3-4-6-13/h9-10,13H,2-6,8H2,1H3. The van der Waals surface area contributed by atoms with E-state index in [1.54, 1.807) is 17.0 Å². The number of amides is 1. The van der Waals surface area contributed by atoms with Gasteiger partial charge in [-0.2, -0.15) is 5.26 Å². The molecule has 0 radical (unpaired) electrons. The summed E-state index contributed by atoms with van der Waals surface area (Å²) in [5.41, 5.74) is 1.33. The van der Waals surface area contributed by atoms with Crippen molar-refractivity contribution in [1.82, 2.24) is 9.88 Å². The number of aryl methyl sites for hydroxylation is 1. The van der Waals surface area contributed by atoms with Crippen molar-refractivity contribution in [3.63, 3.8) is 0 Å². The highest BCUT2D eigenvalue weighted by Gasteiger charge is 2.27. The lowest BCUT2D eigenvalue weighted by Crippen LogP contribution is -2.39. The molecule has 0 atom stereocenters. The van der Waals surface area contributed by atoms with Gasteiger partial charge in [0.25, 0.3) is 5.91 Å². The van der Waals surface area contributed by atoms with E-state index in [4.69, 9.17) is 16.9 Å². The van der Waals surface area contributed by atoms with Gasteiger partial charge in [-0.1, -0.05) is 31.4 Å². The second-order valence-corrected chi connectivity index (χ2v) is 5.44. The normalized spacial score (nSPS) is 15.1. The molecule has 1 saturated carbocycles. The van der Waals surface area contributed by atoms with Gasteiger partial charge in [-0.25, -0.2) is 4.98 Å². The molecular weight excluding hydrogens is 274 g/mol. The Labute approximate surface area is 124 Å². The minimum absolute atomic E-state index is 0.113. The first kappa shape index (κ1) is 14.8. The van der Waals surface area contributed by atoms with E-state index in [1.165, 1.54) is 0 Å². The number of aromatic nitrogens is 1. The molecule has 106 valence electrons. The van der Waals surface area contributed by atoms with E-state index in [1.807, 2.05) is 6.92 Å². The monoisotopic (exact) mass is 291 g/mol. The quantitative estimate of drug-likeness (QED) is 0.632. The first-order valence-electron chi connectivity index (χ1n) is 7.00. The maximum atomic E-state index is 12.6. The number of rotatable bonds is 4. The first-order valence-corrected chi connectivity index (χ1v) is 7.38. The van der Waals surface area contributed by atoms with Crippen molar-refractivity contribution in [2.45, 2.75) is 45.1 Å².